The first-order valence-corrected chi connectivity index (χ1v) is 4.28. The highest BCUT2D eigenvalue weighted by Gasteiger charge is 2.16. The van der Waals surface area contributed by atoms with Crippen molar-refractivity contribution >= 4 is 0 Å². The topological polar surface area (TPSA) is 52.0 Å². The Hall–Kier alpha value is -0.0800. The quantitative estimate of drug-likeness (QED) is 0.600. The van der Waals surface area contributed by atoms with Gasteiger partial charge in [-0.1, -0.05) is 0 Å². The molecule has 0 heterocycles. The smallest absolute Gasteiger partial charge is 0.00390 e. The molecule has 1 fully saturated rings. The number of rotatable bonds is 2. The molecule has 0 spiro atoms. The van der Waals surface area contributed by atoms with Gasteiger partial charge in [0.1, 0.15) is 0 Å². The number of hydrogen-bond donors (Lipinski definition) is 2. The Morgan fingerprint density at radius 1 is 1.10 bits per heavy atom. The van der Waals surface area contributed by atoms with Crippen LogP contribution in [-0.4, -0.2) is 12.6 Å². The zero-order chi connectivity index (χ0) is 7.40. The van der Waals surface area contributed by atoms with Gasteiger partial charge in [0, 0.05) is 6.04 Å². The number of hydrogen-bond acceptors (Lipinski definition) is 2. The largest absolute Gasteiger partial charge is 0.330 e. The third-order valence-corrected chi connectivity index (χ3v) is 2.47. The number of nitrogens with two attached hydrogens (primary N) is 2. The molecule has 1 aliphatic rings. The van der Waals surface area contributed by atoms with Crippen molar-refractivity contribution in [3.63, 3.8) is 0 Å². The van der Waals surface area contributed by atoms with E-state index in [4.69, 9.17) is 11.5 Å². The fourth-order valence-corrected chi connectivity index (χ4v) is 1.71. The van der Waals surface area contributed by atoms with Crippen LogP contribution in [0.4, 0.5) is 0 Å². The standard InChI is InChI=1S/C8H18N2/c9-6-5-7-1-3-8(10)4-2-7/h7-8H,1-6,9-10H2. The second kappa shape index (κ2) is 3.94. The molecule has 1 aliphatic carbocycles. The van der Waals surface area contributed by atoms with E-state index in [9.17, 15) is 0 Å². The zero-order valence-corrected chi connectivity index (χ0v) is 6.55. The molecule has 2 heteroatoms. The minimum absolute atomic E-state index is 0.481. The summed E-state index contributed by atoms with van der Waals surface area (Å²) in [5.41, 5.74) is 11.2. The molecular weight excluding hydrogens is 124 g/mol. The van der Waals surface area contributed by atoms with E-state index in [0.29, 0.717) is 6.04 Å². The molecule has 10 heavy (non-hydrogen) atoms. The minimum atomic E-state index is 0.481. The maximum absolute atomic E-state index is 5.76. The van der Waals surface area contributed by atoms with Gasteiger partial charge >= 0.3 is 0 Å². The molecule has 1 rings (SSSR count). The first kappa shape index (κ1) is 8.02. The molecule has 0 radical (unpaired) electrons. The van der Waals surface area contributed by atoms with Gasteiger partial charge in [0.25, 0.3) is 0 Å². The van der Waals surface area contributed by atoms with Gasteiger partial charge in [0.2, 0.25) is 0 Å². The lowest BCUT2D eigenvalue weighted by atomic mass is 9.85. The average Bonchev–Trinajstić information content (AvgIpc) is 1.95. The second-order valence-electron chi connectivity index (χ2n) is 3.36. The van der Waals surface area contributed by atoms with Crippen LogP contribution in [0.2, 0.25) is 0 Å². The highest BCUT2D eigenvalue weighted by molar-refractivity contribution is 4.74. The molecule has 2 nitrogen and oxygen atoms in total. The van der Waals surface area contributed by atoms with Crippen LogP contribution in [-0.2, 0) is 0 Å². The lowest BCUT2D eigenvalue weighted by Crippen LogP contribution is -2.27. The van der Waals surface area contributed by atoms with E-state index in [-0.39, 0.29) is 0 Å². The molecule has 4 N–H and O–H groups in total. The third-order valence-electron chi connectivity index (χ3n) is 2.47. The van der Waals surface area contributed by atoms with E-state index in [1.54, 1.807) is 0 Å². The van der Waals surface area contributed by atoms with E-state index >= 15 is 0 Å². The van der Waals surface area contributed by atoms with Crippen molar-refractivity contribution < 1.29 is 0 Å². The van der Waals surface area contributed by atoms with E-state index < -0.39 is 0 Å². The van der Waals surface area contributed by atoms with Gasteiger partial charge in [-0.3, -0.25) is 0 Å². The lowest BCUT2D eigenvalue weighted by molar-refractivity contribution is 0.314. The molecule has 0 aromatic heterocycles. The molecule has 0 unspecified atom stereocenters. The summed E-state index contributed by atoms with van der Waals surface area (Å²) in [6.45, 7) is 0.847. The van der Waals surface area contributed by atoms with Crippen molar-refractivity contribution in [2.45, 2.75) is 38.1 Å². The molecule has 0 saturated heterocycles. The summed E-state index contributed by atoms with van der Waals surface area (Å²) in [6, 6.07) is 0.481. The van der Waals surface area contributed by atoms with Gasteiger partial charge in [-0.25, -0.2) is 0 Å². The van der Waals surface area contributed by atoms with Crippen LogP contribution in [0.25, 0.3) is 0 Å². The fourth-order valence-electron chi connectivity index (χ4n) is 1.71. The second-order valence-corrected chi connectivity index (χ2v) is 3.36. The maximum Gasteiger partial charge on any atom is 0.00390 e. The maximum atomic E-state index is 5.76. The van der Waals surface area contributed by atoms with E-state index in [2.05, 4.69) is 0 Å². The Morgan fingerprint density at radius 2 is 1.70 bits per heavy atom. The van der Waals surface area contributed by atoms with Crippen molar-refractivity contribution in [3.8, 4) is 0 Å². The summed E-state index contributed by atoms with van der Waals surface area (Å²) in [4.78, 5) is 0. The zero-order valence-electron chi connectivity index (χ0n) is 6.55. The molecule has 0 aromatic carbocycles. The minimum Gasteiger partial charge on any atom is -0.330 e. The summed E-state index contributed by atoms with van der Waals surface area (Å²) < 4.78 is 0. The van der Waals surface area contributed by atoms with Crippen LogP contribution < -0.4 is 11.5 Å². The van der Waals surface area contributed by atoms with Crippen LogP contribution in [0.1, 0.15) is 32.1 Å². The molecule has 1 saturated carbocycles. The van der Waals surface area contributed by atoms with Gasteiger partial charge in [0.05, 0.1) is 0 Å². The predicted octanol–water partition coefficient (Wildman–Crippen LogP) is 0.853. The van der Waals surface area contributed by atoms with Gasteiger partial charge < -0.3 is 11.5 Å². The molecule has 0 amide bonds. The molecule has 0 atom stereocenters. The summed E-state index contributed by atoms with van der Waals surface area (Å²) in [7, 11) is 0. The highest BCUT2D eigenvalue weighted by atomic mass is 14.6. The average molecular weight is 142 g/mol. The van der Waals surface area contributed by atoms with Crippen LogP contribution in [0, 0.1) is 5.92 Å². The first-order valence-electron chi connectivity index (χ1n) is 4.28. The summed E-state index contributed by atoms with van der Waals surface area (Å²) in [5, 5.41) is 0. The Kier molecular flexibility index (Phi) is 3.16. The van der Waals surface area contributed by atoms with Gasteiger partial charge in [-0.15, -0.1) is 0 Å². The lowest BCUT2D eigenvalue weighted by Gasteiger charge is -2.25. The van der Waals surface area contributed by atoms with Gasteiger partial charge in [-0.2, -0.15) is 0 Å². The van der Waals surface area contributed by atoms with Crippen LogP contribution >= 0.6 is 0 Å². The van der Waals surface area contributed by atoms with Crippen LogP contribution in [0.5, 0.6) is 0 Å². The molecule has 0 aromatic rings. The van der Waals surface area contributed by atoms with Crippen molar-refractivity contribution in [2.75, 3.05) is 6.54 Å². The first-order chi connectivity index (χ1) is 4.83. The Bertz CT molecular complexity index is 85.3. The van der Waals surface area contributed by atoms with Crippen LogP contribution in [0.15, 0.2) is 0 Å². The summed E-state index contributed by atoms with van der Waals surface area (Å²) in [5.74, 6) is 0.879. The molecular formula is C8H18N2. The van der Waals surface area contributed by atoms with Gasteiger partial charge in [-0.05, 0) is 44.6 Å². The van der Waals surface area contributed by atoms with Gasteiger partial charge in [0.15, 0.2) is 0 Å². The summed E-state index contributed by atoms with van der Waals surface area (Å²) in [6.07, 6.45) is 6.23. The molecule has 60 valence electrons. The van der Waals surface area contributed by atoms with Crippen LogP contribution in [0.3, 0.4) is 0 Å². The molecule has 0 aliphatic heterocycles. The van der Waals surface area contributed by atoms with Crippen molar-refractivity contribution in [2.24, 2.45) is 17.4 Å². The van der Waals surface area contributed by atoms with Crippen molar-refractivity contribution in [1.29, 1.82) is 0 Å². The normalized spacial score (nSPS) is 34.2. The SMILES string of the molecule is NCCC1CCC(N)CC1. The Balaban J connectivity index is 2.13. The monoisotopic (exact) mass is 142 g/mol. The summed E-state index contributed by atoms with van der Waals surface area (Å²) >= 11 is 0. The predicted molar refractivity (Wildman–Crippen MR) is 43.6 cm³/mol. The Morgan fingerprint density at radius 3 is 2.20 bits per heavy atom. The molecule has 0 bridgehead atoms. The highest BCUT2D eigenvalue weighted by Crippen LogP contribution is 2.24. The Labute approximate surface area is 63.0 Å². The third kappa shape index (κ3) is 2.27. The van der Waals surface area contributed by atoms with E-state index in [0.717, 1.165) is 12.5 Å². The fraction of sp³-hybridized carbons (Fsp3) is 1.00. The van der Waals surface area contributed by atoms with E-state index in [1.165, 1.54) is 32.1 Å². The van der Waals surface area contributed by atoms with Crippen molar-refractivity contribution in [1.82, 2.24) is 0 Å². The van der Waals surface area contributed by atoms with E-state index in [1.807, 2.05) is 0 Å². The van der Waals surface area contributed by atoms with Crippen molar-refractivity contribution in [3.05, 3.63) is 0 Å².